The van der Waals surface area contributed by atoms with Gasteiger partial charge in [-0.1, -0.05) is 42.5 Å². The van der Waals surface area contributed by atoms with Crippen molar-refractivity contribution in [2.75, 3.05) is 19.7 Å². The summed E-state index contributed by atoms with van der Waals surface area (Å²) in [6.45, 7) is 2.59. The van der Waals surface area contributed by atoms with Gasteiger partial charge in [-0.25, -0.2) is 0 Å². The van der Waals surface area contributed by atoms with Crippen LogP contribution in [0.25, 0.3) is 0 Å². The van der Waals surface area contributed by atoms with Crippen LogP contribution in [0.5, 0.6) is 0 Å². The topological polar surface area (TPSA) is 67.4 Å². The van der Waals surface area contributed by atoms with Crippen LogP contribution in [-0.2, 0) is 16.0 Å². The van der Waals surface area contributed by atoms with Crippen LogP contribution in [0.1, 0.15) is 78.8 Å². The molecule has 1 amide bonds. The average Bonchev–Trinajstić information content (AvgIpc) is 2.89. The largest absolute Gasteiger partial charge is 0.465 e. The van der Waals surface area contributed by atoms with Gasteiger partial charge in [0.2, 0.25) is 0 Å². The summed E-state index contributed by atoms with van der Waals surface area (Å²) in [7, 11) is 0. The minimum absolute atomic E-state index is 0. The molecule has 5 nitrogen and oxygen atoms in total. The number of hydrogen-bond acceptors (Lipinski definition) is 4. The Balaban J connectivity index is 0.00000342. The van der Waals surface area contributed by atoms with Crippen LogP contribution >= 0.6 is 12.4 Å². The third-order valence-electron chi connectivity index (χ3n) is 7.42. The van der Waals surface area contributed by atoms with Gasteiger partial charge in [0.15, 0.2) is 0 Å². The highest BCUT2D eigenvalue weighted by molar-refractivity contribution is 5.94. The number of benzene rings is 2. The van der Waals surface area contributed by atoms with E-state index >= 15 is 0 Å². The van der Waals surface area contributed by atoms with Crippen molar-refractivity contribution in [2.24, 2.45) is 5.92 Å². The summed E-state index contributed by atoms with van der Waals surface area (Å²) in [5, 5.41) is 6.63. The number of carbonyl (C=O) groups excluding carboxylic acids is 2. The van der Waals surface area contributed by atoms with Gasteiger partial charge in [-0.15, -0.1) is 12.4 Å². The smallest absolute Gasteiger partial charge is 0.305 e. The predicted octanol–water partition coefficient (Wildman–Crippen LogP) is 5.43. The van der Waals surface area contributed by atoms with Gasteiger partial charge in [0.1, 0.15) is 0 Å². The minimum Gasteiger partial charge on any atom is -0.465 e. The van der Waals surface area contributed by atoms with E-state index in [4.69, 9.17) is 4.74 Å². The molecule has 1 aliphatic carbocycles. The van der Waals surface area contributed by atoms with E-state index in [1.54, 1.807) is 0 Å². The van der Waals surface area contributed by atoms with E-state index in [2.05, 4.69) is 34.9 Å². The molecule has 2 aromatic carbocycles. The van der Waals surface area contributed by atoms with Gasteiger partial charge in [0.25, 0.3) is 5.91 Å². The number of halogens is 1. The van der Waals surface area contributed by atoms with E-state index in [-0.39, 0.29) is 30.3 Å². The molecule has 2 aliphatic rings. The van der Waals surface area contributed by atoms with Gasteiger partial charge >= 0.3 is 5.97 Å². The molecule has 6 heteroatoms. The highest BCUT2D eigenvalue weighted by atomic mass is 35.5. The third-order valence-corrected chi connectivity index (χ3v) is 7.42. The average molecular weight is 499 g/mol. The maximum Gasteiger partial charge on any atom is 0.305 e. The van der Waals surface area contributed by atoms with Crippen molar-refractivity contribution in [3.63, 3.8) is 0 Å². The molecule has 1 heterocycles. The molecule has 190 valence electrons. The highest BCUT2D eigenvalue weighted by Crippen LogP contribution is 2.29. The number of nitrogens with one attached hydrogen (secondary N) is 2. The van der Waals surface area contributed by atoms with Crippen molar-refractivity contribution >= 4 is 24.3 Å². The molecule has 0 atom stereocenters. The van der Waals surface area contributed by atoms with Crippen molar-refractivity contribution < 1.29 is 14.3 Å². The second-order valence-electron chi connectivity index (χ2n) is 9.83. The lowest BCUT2D eigenvalue weighted by Crippen LogP contribution is -2.37. The number of hydrogen-bond donors (Lipinski definition) is 2. The van der Waals surface area contributed by atoms with E-state index in [0.29, 0.717) is 24.9 Å². The number of carbonyl (C=O) groups is 2. The second kappa shape index (κ2) is 14.3. The van der Waals surface area contributed by atoms with E-state index < -0.39 is 0 Å². The van der Waals surface area contributed by atoms with Crippen LogP contribution in [0, 0.1) is 5.92 Å². The fraction of sp³-hybridized carbons (Fsp3) is 0.517. The van der Waals surface area contributed by atoms with Gasteiger partial charge in [0, 0.05) is 24.4 Å². The summed E-state index contributed by atoms with van der Waals surface area (Å²) >= 11 is 0. The molecule has 1 saturated carbocycles. The maximum atomic E-state index is 12.7. The van der Waals surface area contributed by atoms with Crippen molar-refractivity contribution in [3.05, 3.63) is 71.3 Å². The maximum absolute atomic E-state index is 12.7. The van der Waals surface area contributed by atoms with Crippen LogP contribution in [-0.4, -0.2) is 37.6 Å². The zero-order valence-corrected chi connectivity index (χ0v) is 21.4. The molecule has 1 saturated heterocycles. The van der Waals surface area contributed by atoms with Crippen molar-refractivity contribution in [3.8, 4) is 0 Å². The van der Waals surface area contributed by atoms with Crippen molar-refractivity contribution in [1.29, 1.82) is 0 Å². The SMILES string of the molecule is Cl.O=C(CCC1CCC(NC(=O)c2ccc(C3CCNCC3)cc2)CC1)OCCc1ccccc1. The zero-order chi connectivity index (χ0) is 23.6. The van der Waals surface area contributed by atoms with Gasteiger partial charge in [-0.3, -0.25) is 9.59 Å². The summed E-state index contributed by atoms with van der Waals surface area (Å²) in [4.78, 5) is 24.8. The monoisotopic (exact) mass is 498 g/mol. The van der Waals surface area contributed by atoms with Crippen LogP contribution in [0.4, 0.5) is 0 Å². The lowest BCUT2D eigenvalue weighted by Gasteiger charge is -2.29. The minimum atomic E-state index is -0.0979. The Morgan fingerprint density at radius 1 is 0.886 bits per heavy atom. The van der Waals surface area contributed by atoms with Gasteiger partial charge in [-0.05, 0) is 93.1 Å². The molecule has 2 aromatic rings. The number of ether oxygens (including phenoxy) is 1. The summed E-state index contributed by atoms with van der Waals surface area (Å²) in [5.41, 5.74) is 3.28. The number of amides is 1. The number of esters is 1. The lowest BCUT2D eigenvalue weighted by molar-refractivity contribution is -0.143. The van der Waals surface area contributed by atoms with Crippen LogP contribution in [0.15, 0.2) is 54.6 Å². The summed E-state index contributed by atoms with van der Waals surface area (Å²) < 4.78 is 5.41. The van der Waals surface area contributed by atoms with Crippen LogP contribution < -0.4 is 10.6 Å². The number of rotatable bonds is 9. The van der Waals surface area contributed by atoms with Gasteiger partial charge < -0.3 is 15.4 Å². The standard InChI is InChI=1S/C29H38N2O3.ClH/c32-28(34-21-18-22-4-2-1-3-5-22)15-8-23-6-13-27(14-7-23)31-29(33)26-11-9-24(10-12-26)25-16-19-30-20-17-25;/h1-5,9-12,23,25,27,30H,6-8,13-21H2,(H,31,33);1H. The molecule has 4 rings (SSSR count). The molecular weight excluding hydrogens is 460 g/mol. The van der Waals surface area contributed by atoms with Crippen molar-refractivity contribution in [2.45, 2.75) is 69.7 Å². The van der Waals surface area contributed by atoms with E-state index in [9.17, 15) is 9.59 Å². The van der Waals surface area contributed by atoms with E-state index in [1.807, 2.05) is 30.3 Å². The third kappa shape index (κ3) is 8.66. The molecule has 0 unspecified atom stereocenters. The predicted molar refractivity (Wildman–Crippen MR) is 142 cm³/mol. The molecule has 0 aromatic heterocycles. The molecule has 35 heavy (non-hydrogen) atoms. The molecule has 2 N–H and O–H groups in total. The summed E-state index contributed by atoms with van der Waals surface area (Å²) in [6.07, 6.45) is 8.52. The Labute approximate surface area is 215 Å². The first-order valence-electron chi connectivity index (χ1n) is 13.0. The molecule has 0 radical (unpaired) electrons. The first kappa shape index (κ1) is 27.2. The first-order chi connectivity index (χ1) is 16.7. The Kier molecular flexibility index (Phi) is 11.1. The Morgan fingerprint density at radius 2 is 1.57 bits per heavy atom. The first-order valence-corrected chi connectivity index (χ1v) is 13.0. The molecule has 0 spiro atoms. The zero-order valence-electron chi connectivity index (χ0n) is 20.5. The molecule has 1 aliphatic heterocycles. The Bertz CT molecular complexity index is 905. The fourth-order valence-electron chi connectivity index (χ4n) is 5.25. The van der Waals surface area contributed by atoms with Crippen LogP contribution in [0.3, 0.4) is 0 Å². The quantitative estimate of drug-likeness (QED) is 0.452. The molecule has 0 bridgehead atoms. The van der Waals surface area contributed by atoms with E-state index in [1.165, 1.54) is 24.0 Å². The number of piperidine rings is 1. The molecular formula is C29H39ClN2O3. The highest BCUT2D eigenvalue weighted by Gasteiger charge is 2.24. The summed E-state index contributed by atoms with van der Waals surface area (Å²) in [5.74, 6) is 1.08. The van der Waals surface area contributed by atoms with E-state index in [0.717, 1.165) is 57.2 Å². The van der Waals surface area contributed by atoms with Crippen LogP contribution in [0.2, 0.25) is 0 Å². The van der Waals surface area contributed by atoms with Crippen molar-refractivity contribution in [1.82, 2.24) is 10.6 Å². The summed E-state index contributed by atoms with van der Waals surface area (Å²) in [6, 6.07) is 18.5. The Morgan fingerprint density at radius 3 is 2.26 bits per heavy atom. The molecule has 2 fully saturated rings. The lowest BCUT2D eigenvalue weighted by atomic mass is 9.83. The normalized spacial score (nSPS) is 20.5. The van der Waals surface area contributed by atoms with Gasteiger partial charge in [-0.2, -0.15) is 0 Å². The van der Waals surface area contributed by atoms with Gasteiger partial charge in [0.05, 0.1) is 6.61 Å². The Hall–Kier alpha value is -2.37. The second-order valence-corrected chi connectivity index (χ2v) is 9.83. The fourth-order valence-corrected chi connectivity index (χ4v) is 5.25.